The van der Waals surface area contributed by atoms with Gasteiger partial charge in [-0.2, -0.15) is 0 Å². The van der Waals surface area contributed by atoms with Crippen molar-refractivity contribution in [2.45, 2.75) is 119 Å². The van der Waals surface area contributed by atoms with E-state index in [1.807, 2.05) is 0 Å². The quantitative estimate of drug-likeness (QED) is 0.500. The van der Waals surface area contributed by atoms with E-state index >= 15 is 0 Å². The fraction of sp³-hybridized carbons (Fsp3) is 1.00. The highest BCUT2D eigenvalue weighted by Crippen LogP contribution is 2.42. The van der Waals surface area contributed by atoms with Crippen LogP contribution in [0.2, 0.25) is 0 Å². The molecule has 1 saturated carbocycles. The van der Waals surface area contributed by atoms with Crippen LogP contribution in [0, 0.1) is 29.1 Å². The molecule has 0 bridgehead atoms. The third-order valence-corrected chi connectivity index (χ3v) is 6.69. The summed E-state index contributed by atoms with van der Waals surface area (Å²) in [7, 11) is 0. The van der Waals surface area contributed by atoms with Crippen LogP contribution in [0.4, 0.5) is 0 Å². The SMILES string of the molecule is CC(CCC(C)(C)C(C)CC1CCCC(C(C)C)C1)NC(C)(C)C. The van der Waals surface area contributed by atoms with E-state index in [1.54, 1.807) is 0 Å². The lowest BCUT2D eigenvalue weighted by molar-refractivity contribution is 0.128. The molecule has 0 radical (unpaired) electrons. The minimum absolute atomic E-state index is 0.225. The van der Waals surface area contributed by atoms with E-state index in [9.17, 15) is 0 Å². The summed E-state index contributed by atoms with van der Waals surface area (Å²) in [6.07, 6.45) is 9.96. The molecule has 1 aliphatic rings. The molecule has 0 heterocycles. The molecule has 0 spiro atoms. The Balaban J connectivity index is 2.45. The molecule has 1 nitrogen and oxygen atoms in total. The maximum atomic E-state index is 3.73. The van der Waals surface area contributed by atoms with Gasteiger partial charge in [0.05, 0.1) is 0 Å². The molecule has 1 N–H and O–H groups in total. The van der Waals surface area contributed by atoms with E-state index in [0.29, 0.717) is 11.5 Å². The van der Waals surface area contributed by atoms with Gasteiger partial charge in [-0.15, -0.1) is 0 Å². The molecule has 0 aliphatic heterocycles. The van der Waals surface area contributed by atoms with Crippen LogP contribution in [-0.4, -0.2) is 11.6 Å². The third kappa shape index (κ3) is 7.89. The standard InChI is InChI=1S/C23H47N/c1-17(2)21-12-10-11-20(16-21)15-18(3)23(8,9)14-13-19(4)24-22(5,6)7/h17-21,24H,10-16H2,1-9H3. The summed E-state index contributed by atoms with van der Waals surface area (Å²) < 4.78 is 0. The summed E-state index contributed by atoms with van der Waals surface area (Å²) in [5, 5.41) is 3.73. The van der Waals surface area contributed by atoms with Gasteiger partial charge in [0.1, 0.15) is 0 Å². The minimum atomic E-state index is 0.225. The van der Waals surface area contributed by atoms with Crippen molar-refractivity contribution in [3.05, 3.63) is 0 Å². The first kappa shape index (κ1) is 22.0. The van der Waals surface area contributed by atoms with Crippen molar-refractivity contribution in [3.63, 3.8) is 0 Å². The van der Waals surface area contributed by atoms with Gasteiger partial charge < -0.3 is 5.32 Å². The predicted octanol–water partition coefficient (Wildman–Crippen LogP) is 7.06. The van der Waals surface area contributed by atoms with Crippen LogP contribution in [0.15, 0.2) is 0 Å². The highest BCUT2D eigenvalue weighted by atomic mass is 15.0. The fourth-order valence-electron chi connectivity index (χ4n) is 4.62. The summed E-state index contributed by atoms with van der Waals surface area (Å²) in [6, 6.07) is 0.608. The smallest absolute Gasteiger partial charge is 0.00989 e. The first-order valence-corrected chi connectivity index (χ1v) is 10.7. The zero-order valence-electron chi connectivity index (χ0n) is 18.3. The van der Waals surface area contributed by atoms with Crippen LogP contribution in [0.25, 0.3) is 0 Å². The number of hydrogen-bond acceptors (Lipinski definition) is 1. The molecule has 4 atom stereocenters. The predicted molar refractivity (Wildman–Crippen MR) is 109 cm³/mol. The van der Waals surface area contributed by atoms with E-state index in [-0.39, 0.29) is 5.54 Å². The summed E-state index contributed by atoms with van der Waals surface area (Å²) in [5.74, 6) is 3.66. The van der Waals surface area contributed by atoms with Crippen LogP contribution in [0.5, 0.6) is 0 Å². The molecule has 0 aromatic rings. The van der Waals surface area contributed by atoms with Gasteiger partial charge in [0.2, 0.25) is 0 Å². The Morgan fingerprint density at radius 3 is 2.12 bits per heavy atom. The molecule has 144 valence electrons. The molecule has 1 fully saturated rings. The van der Waals surface area contributed by atoms with Crippen molar-refractivity contribution >= 4 is 0 Å². The van der Waals surface area contributed by atoms with E-state index in [2.05, 4.69) is 67.6 Å². The molecule has 1 rings (SSSR count). The maximum Gasteiger partial charge on any atom is 0.00989 e. The second-order valence-electron chi connectivity index (χ2n) is 11.0. The third-order valence-electron chi connectivity index (χ3n) is 6.69. The van der Waals surface area contributed by atoms with Gasteiger partial charge in [0, 0.05) is 11.6 Å². The summed E-state index contributed by atoms with van der Waals surface area (Å²) in [4.78, 5) is 0. The van der Waals surface area contributed by atoms with Gasteiger partial charge in [-0.3, -0.25) is 0 Å². The Morgan fingerprint density at radius 2 is 1.58 bits per heavy atom. The number of rotatable bonds is 8. The highest BCUT2D eigenvalue weighted by Gasteiger charge is 2.31. The molecule has 1 heteroatoms. The largest absolute Gasteiger partial charge is 0.310 e. The first-order valence-electron chi connectivity index (χ1n) is 10.7. The average molecular weight is 338 g/mol. The van der Waals surface area contributed by atoms with Gasteiger partial charge in [0.15, 0.2) is 0 Å². The van der Waals surface area contributed by atoms with Crippen LogP contribution in [-0.2, 0) is 0 Å². The number of nitrogens with one attached hydrogen (secondary N) is 1. The monoisotopic (exact) mass is 337 g/mol. The highest BCUT2D eigenvalue weighted by molar-refractivity contribution is 4.83. The minimum Gasteiger partial charge on any atom is -0.310 e. The molecule has 0 saturated heterocycles. The molecule has 0 aromatic heterocycles. The Kier molecular flexibility index (Phi) is 8.30. The molecule has 24 heavy (non-hydrogen) atoms. The van der Waals surface area contributed by atoms with Gasteiger partial charge in [0.25, 0.3) is 0 Å². The molecular formula is C23H47N. The van der Waals surface area contributed by atoms with E-state index in [4.69, 9.17) is 0 Å². The van der Waals surface area contributed by atoms with Crippen molar-refractivity contribution in [1.82, 2.24) is 5.32 Å². The van der Waals surface area contributed by atoms with Gasteiger partial charge in [-0.25, -0.2) is 0 Å². The topological polar surface area (TPSA) is 12.0 Å². The van der Waals surface area contributed by atoms with E-state index < -0.39 is 0 Å². The molecular weight excluding hydrogens is 290 g/mol. The van der Waals surface area contributed by atoms with Crippen LogP contribution in [0.1, 0.15) is 107 Å². The van der Waals surface area contributed by atoms with Crippen molar-refractivity contribution in [3.8, 4) is 0 Å². The fourth-order valence-corrected chi connectivity index (χ4v) is 4.62. The normalized spacial score (nSPS) is 25.8. The van der Waals surface area contributed by atoms with Crippen molar-refractivity contribution in [2.75, 3.05) is 0 Å². The maximum absolute atomic E-state index is 3.73. The molecule has 4 unspecified atom stereocenters. The van der Waals surface area contributed by atoms with Crippen LogP contribution >= 0.6 is 0 Å². The van der Waals surface area contributed by atoms with Crippen LogP contribution < -0.4 is 5.32 Å². The summed E-state index contributed by atoms with van der Waals surface area (Å²) in [5.41, 5.74) is 0.682. The van der Waals surface area contributed by atoms with Crippen molar-refractivity contribution in [1.29, 1.82) is 0 Å². The Labute approximate surface area is 153 Å². The Morgan fingerprint density at radius 1 is 0.958 bits per heavy atom. The second kappa shape index (κ2) is 9.06. The Bertz CT molecular complexity index is 350. The summed E-state index contributed by atoms with van der Waals surface area (Å²) in [6.45, 7) is 21.5. The zero-order chi connectivity index (χ0) is 18.5. The zero-order valence-corrected chi connectivity index (χ0v) is 18.3. The lowest BCUT2D eigenvalue weighted by Gasteiger charge is -2.39. The first-order chi connectivity index (χ1) is 10.9. The Hall–Kier alpha value is -0.0400. The number of hydrogen-bond donors (Lipinski definition) is 1. The van der Waals surface area contributed by atoms with Gasteiger partial charge >= 0.3 is 0 Å². The van der Waals surface area contributed by atoms with Gasteiger partial charge in [-0.1, -0.05) is 53.9 Å². The second-order valence-corrected chi connectivity index (χ2v) is 11.0. The molecule has 0 aromatic carbocycles. The average Bonchev–Trinajstić information content (AvgIpc) is 2.43. The lowest BCUT2D eigenvalue weighted by Crippen LogP contribution is -2.42. The van der Waals surface area contributed by atoms with Crippen LogP contribution in [0.3, 0.4) is 0 Å². The molecule has 0 amide bonds. The molecule has 1 aliphatic carbocycles. The van der Waals surface area contributed by atoms with Crippen molar-refractivity contribution in [2.24, 2.45) is 29.1 Å². The lowest BCUT2D eigenvalue weighted by atomic mass is 9.68. The summed E-state index contributed by atoms with van der Waals surface area (Å²) >= 11 is 0. The van der Waals surface area contributed by atoms with Crippen molar-refractivity contribution < 1.29 is 0 Å². The van der Waals surface area contributed by atoms with Gasteiger partial charge in [-0.05, 0) is 82.5 Å². The van der Waals surface area contributed by atoms with E-state index in [1.165, 1.54) is 44.9 Å². The van der Waals surface area contributed by atoms with E-state index in [0.717, 1.165) is 23.7 Å².